The quantitative estimate of drug-likeness (QED) is 0.810. The average Bonchev–Trinajstić information content (AvgIpc) is 2.61. The Balaban J connectivity index is 2.29. The lowest BCUT2D eigenvalue weighted by molar-refractivity contribution is -0.120. The van der Waals surface area contributed by atoms with Crippen molar-refractivity contribution in [1.82, 2.24) is 0 Å². The van der Waals surface area contributed by atoms with Crippen LogP contribution in [-0.4, -0.2) is 32.6 Å². The van der Waals surface area contributed by atoms with Crippen molar-refractivity contribution in [1.29, 1.82) is 0 Å². The molecule has 0 aliphatic heterocycles. The molecule has 0 fully saturated rings. The van der Waals surface area contributed by atoms with E-state index in [0.29, 0.717) is 22.2 Å². The van der Waals surface area contributed by atoms with Gasteiger partial charge in [0.1, 0.15) is 18.0 Å². The fourth-order valence-corrected chi connectivity index (χ4v) is 3.10. The molecule has 2 aromatic carbocycles. The first-order valence-electron chi connectivity index (χ1n) is 8.34. The number of nitrogens with one attached hydrogen (secondary N) is 1. The van der Waals surface area contributed by atoms with Gasteiger partial charge in [0, 0.05) is 19.1 Å². The average molecular weight is 391 g/mol. The van der Waals surface area contributed by atoms with Gasteiger partial charge in [0.15, 0.2) is 0 Å². The third kappa shape index (κ3) is 4.71. The normalized spacial score (nSPS) is 10.3. The number of anilines is 2. The molecule has 0 radical (unpaired) electrons. The van der Waals surface area contributed by atoms with Crippen LogP contribution < -0.4 is 19.7 Å². The Kier molecular flexibility index (Phi) is 6.69. The smallest absolute Gasteiger partial charge is 0.244 e. The zero-order chi connectivity index (χ0) is 20.1. The number of rotatable bonds is 6. The van der Waals surface area contributed by atoms with Gasteiger partial charge in [-0.2, -0.15) is 0 Å². The summed E-state index contributed by atoms with van der Waals surface area (Å²) < 4.78 is 10.5. The van der Waals surface area contributed by atoms with Gasteiger partial charge < -0.3 is 19.7 Å². The molecule has 7 heteroatoms. The summed E-state index contributed by atoms with van der Waals surface area (Å²) in [7, 11) is 2.96. The predicted octanol–water partition coefficient (Wildman–Crippen LogP) is 3.97. The molecule has 0 unspecified atom stereocenters. The number of benzene rings is 2. The molecule has 144 valence electrons. The van der Waals surface area contributed by atoms with Gasteiger partial charge in [0.2, 0.25) is 11.8 Å². The number of amides is 2. The van der Waals surface area contributed by atoms with Crippen LogP contribution >= 0.6 is 11.6 Å². The number of halogens is 1. The summed E-state index contributed by atoms with van der Waals surface area (Å²) in [6, 6.07) is 8.87. The number of nitrogens with zero attached hydrogens (tertiary/aromatic N) is 1. The molecule has 0 aliphatic rings. The Morgan fingerprint density at radius 2 is 1.67 bits per heavy atom. The third-order valence-electron chi connectivity index (χ3n) is 4.14. The summed E-state index contributed by atoms with van der Waals surface area (Å²) in [6.07, 6.45) is 0. The minimum atomic E-state index is -0.365. The van der Waals surface area contributed by atoms with Crippen LogP contribution in [0.2, 0.25) is 5.02 Å². The van der Waals surface area contributed by atoms with E-state index >= 15 is 0 Å². The molecule has 0 bridgehead atoms. The zero-order valence-electron chi connectivity index (χ0n) is 16.1. The van der Waals surface area contributed by atoms with Crippen LogP contribution in [0.1, 0.15) is 18.1 Å². The predicted molar refractivity (Wildman–Crippen MR) is 107 cm³/mol. The van der Waals surface area contributed by atoms with Crippen molar-refractivity contribution < 1.29 is 19.1 Å². The molecule has 2 aromatic rings. The summed E-state index contributed by atoms with van der Waals surface area (Å²) in [6.45, 7) is 5.12. The second kappa shape index (κ2) is 8.77. The van der Waals surface area contributed by atoms with Gasteiger partial charge in [0.25, 0.3) is 0 Å². The van der Waals surface area contributed by atoms with Crippen LogP contribution in [0.5, 0.6) is 11.5 Å². The molecule has 2 rings (SSSR count). The maximum atomic E-state index is 12.6. The monoisotopic (exact) mass is 390 g/mol. The lowest BCUT2D eigenvalue weighted by Crippen LogP contribution is -2.37. The van der Waals surface area contributed by atoms with Crippen LogP contribution in [0.25, 0.3) is 0 Å². The second-order valence-corrected chi connectivity index (χ2v) is 6.49. The van der Waals surface area contributed by atoms with Gasteiger partial charge in [-0.25, -0.2) is 0 Å². The maximum Gasteiger partial charge on any atom is 0.244 e. The Morgan fingerprint density at radius 3 is 2.19 bits per heavy atom. The van der Waals surface area contributed by atoms with Crippen molar-refractivity contribution >= 4 is 34.8 Å². The van der Waals surface area contributed by atoms with Gasteiger partial charge >= 0.3 is 0 Å². The van der Waals surface area contributed by atoms with Gasteiger partial charge in [-0.15, -0.1) is 0 Å². The Labute approximate surface area is 164 Å². The third-order valence-corrected chi connectivity index (χ3v) is 4.43. The van der Waals surface area contributed by atoms with Gasteiger partial charge in [-0.05, 0) is 25.0 Å². The Morgan fingerprint density at radius 1 is 1.07 bits per heavy atom. The van der Waals surface area contributed by atoms with E-state index in [1.54, 1.807) is 12.1 Å². The lowest BCUT2D eigenvalue weighted by Gasteiger charge is -2.24. The summed E-state index contributed by atoms with van der Waals surface area (Å²) in [5.74, 6) is 0.222. The van der Waals surface area contributed by atoms with Crippen molar-refractivity contribution in [2.24, 2.45) is 0 Å². The number of ether oxygens (including phenoxy) is 2. The van der Waals surface area contributed by atoms with Crippen LogP contribution in [0.15, 0.2) is 30.3 Å². The molecular formula is C20H23ClN2O4. The van der Waals surface area contributed by atoms with Crippen molar-refractivity contribution in [2.45, 2.75) is 20.8 Å². The molecule has 0 heterocycles. The van der Waals surface area contributed by atoms with Crippen LogP contribution in [0.4, 0.5) is 11.4 Å². The fraction of sp³-hybridized carbons (Fsp3) is 0.300. The fourth-order valence-electron chi connectivity index (χ4n) is 2.87. The summed E-state index contributed by atoms with van der Waals surface area (Å²) in [5.41, 5.74) is 2.99. The van der Waals surface area contributed by atoms with E-state index in [4.69, 9.17) is 21.1 Å². The van der Waals surface area contributed by atoms with Crippen molar-refractivity contribution in [3.63, 3.8) is 0 Å². The Bertz CT molecular complexity index is 847. The van der Waals surface area contributed by atoms with E-state index in [1.165, 1.54) is 26.0 Å². The minimum absolute atomic E-state index is 0.130. The van der Waals surface area contributed by atoms with Crippen molar-refractivity contribution in [2.75, 3.05) is 31.0 Å². The lowest BCUT2D eigenvalue weighted by atomic mass is 10.1. The Hall–Kier alpha value is -2.73. The van der Waals surface area contributed by atoms with Gasteiger partial charge in [0.05, 0.1) is 30.6 Å². The summed E-state index contributed by atoms with van der Waals surface area (Å²) >= 11 is 6.09. The van der Waals surface area contributed by atoms with E-state index in [2.05, 4.69) is 5.32 Å². The topological polar surface area (TPSA) is 67.9 Å². The number of methoxy groups -OCH3 is 2. The SMILES string of the molecule is COc1cc(NC(=O)CN(C(C)=O)c2c(C)cccc2C)c(OC)cc1Cl. The van der Waals surface area contributed by atoms with Gasteiger partial charge in [-0.1, -0.05) is 29.8 Å². The van der Waals surface area contributed by atoms with E-state index in [1.807, 2.05) is 32.0 Å². The van der Waals surface area contributed by atoms with Crippen molar-refractivity contribution in [3.05, 3.63) is 46.5 Å². The molecule has 2 amide bonds. The van der Waals surface area contributed by atoms with E-state index in [0.717, 1.165) is 16.8 Å². The maximum absolute atomic E-state index is 12.6. The molecule has 0 saturated heterocycles. The zero-order valence-corrected chi connectivity index (χ0v) is 16.8. The first kappa shape index (κ1) is 20.6. The standard InChI is InChI=1S/C20H23ClN2O4/c1-12-7-6-8-13(2)20(12)23(14(3)24)11-19(25)22-16-10-17(26-4)15(21)9-18(16)27-5/h6-10H,11H2,1-5H3,(H,22,25). The summed E-state index contributed by atoms with van der Waals surface area (Å²) in [5, 5.41) is 3.13. The first-order valence-corrected chi connectivity index (χ1v) is 8.72. The van der Waals surface area contributed by atoms with E-state index < -0.39 is 0 Å². The number of hydrogen-bond acceptors (Lipinski definition) is 4. The highest BCUT2D eigenvalue weighted by Crippen LogP contribution is 2.36. The molecule has 6 nitrogen and oxygen atoms in total. The van der Waals surface area contributed by atoms with E-state index in [-0.39, 0.29) is 18.4 Å². The molecule has 0 spiro atoms. The van der Waals surface area contributed by atoms with E-state index in [9.17, 15) is 9.59 Å². The molecule has 1 N–H and O–H groups in total. The first-order chi connectivity index (χ1) is 12.8. The number of carbonyl (C=O) groups is 2. The second-order valence-electron chi connectivity index (χ2n) is 6.08. The van der Waals surface area contributed by atoms with Crippen LogP contribution in [0.3, 0.4) is 0 Å². The summed E-state index contributed by atoms with van der Waals surface area (Å²) in [4.78, 5) is 26.3. The van der Waals surface area contributed by atoms with Crippen LogP contribution in [-0.2, 0) is 9.59 Å². The number of aryl methyl sites for hydroxylation is 2. The highest BCUT2D eigenvalue weighted by Gasteiger charge is 2.20. The molecular weight excluding hydrogens is 368 g/mol. The molecule has 0 aromatic heterocycles. The van der Waals surface area contributed by atoms with Crippen molar-refractivity contribution in [3.8, 4) is 11.5 Å². The molecule has 27 heavy (non-hydrogen) atoms. The minimum Gasteiger partial charge on any atom is -0.495 e. The van der Waals surface area contributed by atoms with Gasteiger partial charge in [-0.3, -0.25) is 9.59 Å². The number of hydrogen-bond donors (Lipinski definition) is 1. The highest BCUT2D eigenvalue weighted by molar-refractivity contribution is 6.32. The number of carbonyl (C=O) groups excluding carboxylic acids is 2. The molecule has 0 aliphatic carbocycles. The molecule has 0 atom stereocenters. The highest BCUT2D eigenvalue weighted by atomic mass is 35.5. The molecule has 0 saturated carbocycles. The number of para-hydroxylation sites is 1. The largest absolute Gasteiger partial charge is 0.495 e. The van der Waals surface area contributed by atoms with Crippen LogP contribution in [0, 0.1) is 13.8 Å².